The first kappa shape index (κ1) is 12.9. The number of hydrogen-bond acceptors (Lipinski definition) is 4. The standard InChI is InChI=1S/C13H16ClN3O/c1-3-11-12(14)15-8-16-13(11)17-9(2)7-10-5-4-6-18-10/h4-6,8-9H,3,7H2,1-2H3,(H,15,16,17). The van der Waals surface area contributed by atoms with Crippen LogP contribution in [0.5, 0.6) is 0 Å². The van der Waals surface area contributed by atoms with Crippen molar-refractivity contribution in [2.24, 2.45) is 0 Å². The molecule has 0 spiro atoms. The maximum Gasteiger partial charge on any atom is 0.137 e. The highest BCUT2D eigenvalue weighted by Gasteiger charge is 2.11. The number of nitrogens with zero attached hydrogens (tertiary/aromatic N) is 2. The van der Waals surface area contributed by atoms with Gasteiger partial charge in [0, 0.05) is 18.0 Å². The van der Waals surface area contributed by atoms with E-state index in [1.165, 1.54) is 6.33 Å². The Balaban J connectivity index is 2.07. The Bertz CT molecular complexity index is 499. The van der Waals surface area contributed by atoms with Crippen molar-refractivity contribution in [1.29, 1.82) is 0 Å². The summed E-state index contributed by atoms with van der Waals surface area (Å²) < 4.78 is 5.32. The van der Waals surface area contributed by atoms with Crippen molar-refractivity contribution >= 4 is 17.4 Å². The number of nitrogens with one attached hydrogen (secondary N) is 1. The van der Waals surface area contributed by atoms with Crippen LogP contribution in [0.15, 0.2) is 29.1 Å². The highest BCUT2D eigenvalue weighted by Crippen LogP contribution is 2.21. The molecule has 0 aliphatic rings. The van der Waals surface area contributed by atoms with Gasteiger partial charge in [0.15, 0.2) is 0 Å². The number of halogens is 1. The van der Waals surface area contributed by atoms with Gasteiger partial charge in [-0.3, -0.25) is 0 Å². The monoisotopic (exact) mass is 265 g/mol. The Morgan fingerprint density at radius 3 is 2.94 bits per heavy atom. The summed E-state index contributed by atoms with van der Waals surface area (Å²) in [7, 11) is 0. The van der Waals surface area contributed by atoms with Gasteiger partial charge in [-0.1, -0.05) is 18.5 Å². The summed E-state index contributed by atoms with van der Waals surface area (Å²) in [5.41, 5.74) is 0.950. The molecule has 2 heterocycles. The Hall–Kier alpha value is -1.55. The topological polar surface area (TPSA) is 51.0 Å². The van der Waals surface area contributed by atoms with Crippen LogP contribution in [-0.4, -0.2) is 16.0 Å². The van der Waals surface area contributed by atoms with Gasteiger partial charge in [-0.25, -0.2) is 9.97 Å². The average Bonchev–Trinajstić information content (AvgIpc) is 2.82. The van der Waals surface area contributed by atoms with Gasteiger partial charge in [0.25, 0.3) is 0 Å². The number of aromatic nitrogens is 2. The Kier molecular flexibility index (Phi) is 4.20. The molecule has 0 saturated heterocycles. The molecule has 0 amide bonds. The number of anilines is 1. The summed E-state index contributed by atoms with van der Waals surface area (Å²) in [5, 5.41) is 3.86. The summed E-state index contributed by atoms with van der Waals surface area (Å²) in [6.45, 7) is 4.12. The minimum Gasteiger partial charge on any atom is -0.469 e. The van der Waals surface area contributed by atoms with Crippen molar-refractivity contribution < 1.29 is 4.42 Å². The molecule has 1 unspecified atom stereocenters. The molecule has 0 fully saturated rings. The predicted molar refractivity (Wildman–Crippen MR) is 71.9 cm³/mol. The summed E-state index contributed by atoms with van der Waals surface area (Å²) in [6.07, 6.45) is 4.76. The molecule has 0 aliphatic heterocycles. The third kappa shape index (κ3) is 3.01. The molecule has 2 aromatic rings. The minimum absolute atomic E-state index is 0.215. The summed E-state index contributed by atoms with van der Waals surface area (Å²) >= 11 is 6.05. The van der Waals surface area contributed by atoms with Crippen LogP contribution in [0.3, 0.4) is 0 Å². The van der Waals surface area contributed by atoms with Gasteiger partial charge in [-0.15, -0.1) is 0 Å². The van der Waals surface area contributed by atoms with Crippen molar-refractivity contribution in [3.8, 4) is 0 Å². The molecule has 1 atom stereocenters. The van der Waals surface area contributed by atoms with Gasteiger partial charge < -0.3 is 9.73 Å². The van der Waals surface area contributed by atoms with Gasteiger partial charge in [0.1, 0.15) is 23.1 Å². The van der Waals surface area contributed by atoms with Gasteiger partial charge >= 0.3 is 0 Å². The van der Waals surface area contributed by atoms with Gasteiger partial charge in [-0.2, -0.15) is 0 Å². The van der Waals surface area contributed by atoms with E-state index in [-0.39, 0.29) is 6.04 Å². The highest BCUT2D eigenvalue weighted by molar-refractivity contribution is 6.30. The molecule has 4 nitrogen and oxygen atoms in total. The molecule has 0 saturated carbocycles. The smallest absolute Gasteiger partial charge is 0.137 e. The Morgan fingerprint density at radius 1 is 1.44 bits per heavy atom. The van der Waals surface area contributed by atoms with Crippen LogP contribution >= 0.6 is 11.6 Å². The van der Waals surface area contributed by atoms with Crippen LogP contribution in [-0.2, 0) is 12.8 Å². The minimum atomic E-state index is 0.215. The van der Waals surface area contributed by atoms with E-state index in [1.807, 2.05) is 19.1 Å². The summed E-state index contributed by atoms with van der Waals surface area (Å²) in [6, 6.07) is 4.07. The van der Waals surface area contributed by atoms with Crippen LogP contribution in [0.25, 0.3) is 0 Å². The third-order valence-electron chi connectivity index (χ3n) is 2.72. The maximum atomic E-state index is 6.05. The lowest BCUT2D eigenvalue weighted by Gasteiger charge is -2.16. The van der Waals surface area contributed by atoms with Crippen LogP contribution < -0.4 is 5.32 Å². The molecular formula is C13H16ClN3O. The zero-order valence-electron chi connectivity index (χ0n) is 10.5. The molecule has 2 rings (SSSR count). The van der Waals surface area contributed by atoms with E-state index in [2.05, 4.69) is 22.2 Å². The lowest BCUT2D eigenvalue weighted by molar-refractivity contribution is 0.497. The Morgan fingerprint density at radius 2 is 2.28 bits per heavy atom. The zero-order valence-corrected chi connectivity index (χ0v) is 11.2. The Labute approximate surface area is 111 Å². The largest absolute Gasteiger partial charge is 0.469 e. The molecule has 18 heavy (non-hydrogen) atoms. The summed E-state index contributed by atoms with van der Waals surface area (Å²) in [4.78, 5) is 8.23. The molecule has 0 radical (unpaired) electrons. The number of rotatable bonds is 5. The first-order valence-corrected chi connectivity index (χ1v) is 6.36. The fourth-order valence-electron chi connectivity index (χ4n) is 1.84. The second kappa shape index (κ2) is 5.87. The molecular weight excluding hydrogens is 250 g/mol. The molecule has 5 heteroatoms. The van der Waals surface area contributed by atoms with Crippen molar-refractivity contribution in [3.05, 3.63) is 41.2 Å². The highest BCUT2D eigenvalue weighted by atomic mass is 35.5. The molecule has 96 valence electrons. The molecule has 2 aromatic heterocycles. The molecule has 1 N–H and O–H groups in total. The quantitative estimate of drug-likeness (QED) is 0.843. The van der Waals surface area contributed by atoms with Crippen molar-refractivity contribution in [1.82, 2.24) is 9.97 Å². The van der Waals surface area contributed by atoms with E-state index >= 15 is 0 Å². The third-order valence-corrected chi connectivity index (χ3v) is 3.04. The van der Waals surface area contributed by atoms with E-state index in [1.54, 1.807) is 6.26 Å². The van der Waals surface area contributed by atoms with Crippen LogP contribution in [0, 0.1) is 0 Å². The van der Waals surface area contributed by atoms with E-state index < -0.39 is 0 Å². The lowest BCUT2D eigenvalue weighted by Crippen LogP contribution is -2.20. The van der Waals surface area contributed by atoms with Crippen molar-refractivity contribution in [3.63, 3.8) is 0 Å². The summed E-state index contributed by atoms with van der Waals surface area (Å²) in [5.74, 6) is 1.75. The normalized spacial score (nSPS) is 12.4. The molecule has 0 bridgehead atoms. The fourth-order valence-corrected chi connectivity index (χ4v) is 2.11. The van der Waals surface area contributed by atoms with Crippen molar-refractivity contribution in [2.45, 2.75) is 32.7 Å². The van der Waals surface area contributed by atoms with E-state index in [4.69, 9.17) is 16.0 Å². The van der Waals surface area contributed by atoms with E-state index in [0.29, 0.717) is 5.15 Å². The lowest BCUT2D eigenvalue weighted by atomic mass is 10.1. The fraction of sp³-hybridized carbons (Fsp3) is 0.385. The van der Waals surface area contributed by atoms with Crippen molar-refractivity contribution in [2.75, 3.05) is 5.32 Å². The first-order chi connectivity index (χ1) is 8.70. The van der Waals surface area contributed by atoms with Gasteiger partial charge in [0.05, 0.1) is 6.26 Å². The van der Waals surface area contributed by atoms with Crippen LogP contribution in [0.2, 0.25) is 5.15 Å². The molecule has 0 aromatic carbocycles. The second-order valence-corrected chi connectivity index (χ2v) is 4.53. The van der Waals surface area contributed by atoms with E-state index in [9.17, 15) is 0 Å². The van der Waals surface area contributed by atoms with Gasteiger partial charge in [-0.05, 0) is 25.5 Å². The maximum absolute atomic E-state index is 6.05. The second-order valence-electron chi connectivity index (χ2n) is 4.17. The van der Waals surface area contributed by atoms with Crippen LogP contribution in [0.1, 0.15) is 25.2 Å². The predicted octanol–water partition coefficient (Wildman–Crippen LogP) is 3.33. The molecule has 0 aliphatic carbocycles. The number of furan rings is 1. The average molecular weight is 266 g/mol. The van der Waals surface area contributed by atoms with Crippen LogP contribution in [0.4, 0.5) is 5.82 Å². The van der Waals surface area contributed by atoms with E-state index in [0.717, 1.165) is 30.0 Å². The van der Waals surface area contributed by atoms with Gasteiger partial charge in [0.2, 0.25) is 0 Å². The SMILES string of the molecule is CCc1c(Cl)ncnc1NC(C)Cc1ccco1. The zero-order chi connectivity index (χ0) is 13.0. The number of hydrogen-bond donors (Lipinski definition) is 1. The first-order valence-electron chi connectivity index (χ1n) is 5.99.